The minimum absolute atomic E-state index is 0.0125. The monoisotopic (exact) mass is 888 g/mol. The molecule has 0 aromatic heterocycles. The first kappa shape index (κ1) is 42.1. The van der Waals surface area contributed by atoms with Crippen molar-refractivity contribution in [1.82, 2.24) is 0 Å². The number of hydrogen-bond donors (Lipinski definition) is 0. The molecular formula is C64H66BN3. The highest BCUT2D eigenvalue weighted by Gasteiger charge is 2.58. The summed E-state index contributed by atoms with van der Waals surface area (Å²) in [4.78, 5) is 8.22. The van der Waals surface area contributed by atoms with Gasteiger partial charge >= 0.3 is 0 Å². The van der Waals surface area contributed by atoms with Gasteiger partial charge in [-0.2, -0.15) is 0 Å². The van der Waals surface area contributed by atoms with Crippen molar-refractivity contribution < 1.29 is 0 Å². The molecule has 7 aromatic carbocycles. The standard InChI is InChI=1S/C64H66BN3/c1-60(2,3)46-26-28-53(49(34-46)41-19-11-10-12-20-41)67-55-24-16-14-22-51(55)65-52-32-44-39-62(6,7)40-45(44)33-56(52)66(47-27-25-42-37-61(4,5)38-43(42)31-47)57-35-48(36-58(67)59(57)65)68-54-23-15-13-21-50(54)63(8)29-17-18-30-64(63,68)9/h10-16,19-28,31-36H,17-18,29-30,37-40H2,1-9H3. The molecule has 3 aliphatic carbocycles. The van der Waals surface area contributed by atoms with Crippen molar-refractivity contribution in [3.8, 4) is 11.1 Å². The van der Waals surface area contributed by atoms with Crippen LogP contribution in [-0.2, 0) is 36.5 Å². The van der Waals surface area contributed by atoms with Gasteiger partial charge in [0.15, 0.2) is 0 Å². The molecule has 6 aliphatic rings. The molecule has 3 aliphatic heterocycles. The molecule has 1 saturated carbocycles. The van der Waals surface area contributed by atoms with Crippen LogP contribution in [0.25, 0.3) is 11.1 Å². The summed E-state index contributed by atoms with van der Waals surface area (Å²) in [5.74, 6) is 0. The van der Waals surface area contributed by atoms with E-state index in [1.807, 2.05) is 0 Å². The lowest BCUT2D eigenvalue weighted by Gasteiger charge is -2.51. The van der Waals surface area contributed by atoms with E-state index in [2.05, 4.69) is 217 Å². The summed E-state index contributed by atoms with van der Waals surface area (Å²) >= 11 is 0. The Kier molecular flexibility index (Phi) is 8.85. The van der Waals surface area contributed by atoms with E-state index >= 15 is 0 Å². The van der Waals surface area contributed by atoms with E-state index in [-0.39, 0.29) is 33.9 Å². The first-order chi connectivity index (χ1) is 32.5. The van der Waals surface area contributed by atoms with Crippen molar-refractivity contribution in [2.24, 2.45) is 10.8 Å². The van der Waals surface area contributed by atoms with E-state index in [0.29, 0.717) is 0 Å². The largest absolute Gasteiger partial charge is 0.334 e. The van der Waals surface area contributed by atoms with Crippen LogP contribution in [0, 0.1) is 10.8 Å². The van der Waals surface area contributed by atoms with E-state index in [1.54, 1.807) is 0 Å². The number of nitrogens with zero attached hydrogens (tertiary/aromatic N) is 3. The molecular weight excluding hydrogens is 822 g/mol. The Morgan fingerprint density at radius 2 is 1.10 bits per heavy atom. The van der Waals surface area contributed by atoms with Gasteiger partial charge in [0.1, 0.15) is 0 Å². The fraction of sp³-hybridized carbons (Fsp3) is 0.344. The lowest BCUT2D eigenvalue weighted by atomic mass is 9.33. The van der Waals surface area contributed by atoms with Crippen molar-refractivity contribution in [2.75, 3.05) is 14.7 Å². The molecule has 3 nitrogen and oxygen atoms in total. The summed E-state index contributed by atoms with van der Waals surface area (Å²) in [6.07, 6.45) is 9.30. The van der Waals surface area contributed by atoms with Gasteiger partial charge < -0.3 is 14.7 Å². The Morgan fingerprint density at radius 1 is 0.471 bits per heavy atom. The number of anilines is 8. The van der Waals surface area contributed by atoms with Gasteiger partial charge in [-0.15, -0.1) is 0 Å². The van der Waals surface area contributed by atoms with Gasteiger partial charge in [-0.05, 0) is 172 Å². The lowest BCUT2D eigenvalue weighted by molar-refractivity contribution is 0.195. The number of para-hydroxylation sites is 2. The van der Waals surface area contributed by atoms with Crippen LogP contribution >= 0.6 is 0 Å². The molecule has 2 unspecified atom stereocenters. The topological polar surface area (TPSA) is 9.72 Å². The summed E-state index contributed by atoms with van der Waals surface area (Å²) in [5, 5.41) is 0. The predicted molar refractivity (Wildman–Crippen MR) is 290 cm³/mol. The van der Waals surface area contributed by atoms with Gasteiger partial charge in [-0.25, -0.2) is 0 Å². The number of rotatable bonds is 4. The summed E-state index contributed by atoms with van der Waals surface area (Å²) in [5.41, 5.74) is 26.3. The van der Waals surface area contributed by atoms with Gasteiger partial charge in [0, 0.05) is 50.8 Å². The van der Waals surface area contributed by atoms with Gasteiger partial charge in [0.2, 0.25) is 0 Å². The van der Waals surface area contributed by atoms with Crippen LogP contribution in [0.5, 0.6) is 0 Å². The van der Waals surface area contributed by atoms with Crippen LogP contribution in [0.15, 0.2) is 140 Å². The molecule has 4 heteroatoms. The Morgan fingerprint density at radius 3 is 1.85 bits per heavy atom. The third-order valence-electron chi connectivity index (χ3n) is 17.9. The molecule has 0 saturated heterocycles. The minimum atomic E-state index is -0.0980. The summed E-state index contributed by atoms with van der Waals surface area (Å²) in [6, 6.07) is 55.3. The van der Waals surface area contributed by atoms with E-state index in [0.717, 1.165) is 32.1 Å². The molecule has 0 amide bonds. The second-order valence-corrected chi connectivity index (χ2v) is 24.7. The lowest BCUT2D eigenvalue weighted by Crippen LogP contribution is -2.61. The summed E-state index contributed by atoms with van der Waals surface area (Å²) in [6.45, 7) is 22.1. The average Bonchev–Trinajstić information content (AvgIpc) is 3.88. The SMILES string of the molecule is CC1(C)Cc2ccc(N3c4cc5c(cc4B4c6ccccc6N(c6ccc(C(C)(C)C)cc6-c6ccccc6)c6cc(N7c8ccccc8C8(C)CCCCC78C)cc3c64)CC(C)(C)C5)cc2C1. The third kappa shape index (κ3) is 6.04. The maximum atomic E-state index is 2.82. The minimum Gasteiger partial charge on any atom is -0.334 e. The normalized spacial score (nSPS) is 22.2. The first-order valence-electron chi connectivity index (χ1n) is 25.8. The van der Waals surface area contributed by atoms with Gasteiger partial charge in [-0.1, -0.05) is 153 Å². The van der Waals surface area contributed by atoms with Crippen LogP contribution < -0.4 is 31.1 Å². The molecule has 0 spiro atoms. The summed E-state index contributed by atoms with van der Waals surface area (Å²) < 4.78 is 0. The first-order valence-corrected chi connectivity index (χ1v) is 25.8. The molecule has 0 bridgehead atoms. The van der Waals surface area contributed by atoms with Crippen LogP contribution in [-0.4, -0.2) is 12.3 Å². The molecule has 0 N–H and O–H groups in total. The van der Waals surface area contributed by atoms with E-state index in [9.17, 15) is 0 Å². The van der Waals surface area contributed by atoms with E-state index in [1.165, 1.54) is 126 Å². The highest BCUT2D eigenvalue weighted by atomic mass is 15.3. The van der Waals surface area contributed by atoms with Crippen molar-refractivity contribution in [3.05, 3.63) is 173 Å². The Bertz CT molecular complexity index is 3240. The molecule has 68 heavy (non-hydrogen) atoms. The van der Waals surface area contributed by atoms with Crippen LogP contribution in [0.1, 0.15) is 121 Å². The number of benzene rings is 7. The average molecular weight is 888 g/mol. The molecule has 340 valence electrons. The molecule has 0 radical (unpaired) electrons. The quantitative estimate of drug-likeness (QED) is 0.163. The predicted octanol–water partition coefficient (Wildman–Crippen LogP) is 14.7. The second-order valence-electron chi connectivity index (χ2n) is 24.7. The zero-order valence-corrected chi connectivity index (χ0v) is 41.9. The van der Waals surface area contributed by atoms with Crippen molar-refractivity contribution in [1.29, 1.82) is 0 Å². The fourth-order valence-corrected chi connectivity index (χ4v) is 14.5. The number of hydrogen-bond acceptors (Lipinski definition) is 3. The van der Waals surface area contributed by atoms with Crippen LogP contribution in [0.2, 0.25) is 0 Å². The van der Waals surface area contributed by atoms with Gasteiger partial charge in [0.05, 0.1) is 11.2 Å². The Hall–Kier alpha value is -6.00. The summed E-state index contributed by atoms with van der Waals surface area (Å²) in [7, 11) is 0. The van der Waals surface area contributed by atoms with Gasteiger partial charge in [-0.3, -0.25) is 0 Å². The zero-order chi connectivity index (χ0) is 46.7. The number of fused-ring (bicyclic) bond motifs is 9. The van der Waals surface area contributed by atoms with E-state index < -0.39 is 0 Å². The smallest absolute Gasteiger partial charge is 0.252 e. The van der Waals surface area contributed by atoms with Crippen LogP contribution in [0.4, 0.5) is 45.5 Å². The Labute approximate surface area is 406 Å². The molecule has 3 heterocycles. The van der Waals surface area contributed by atoms with Gasteiger partial charge in [0.25, 0.3) is 6.71 Å². The molecule has 13 rings (SSSR count). The third-order valence-corrected chi connectivity index (χ3v) is 17.9. The maximum Gasteiger partial charge on any atom is 0.252 e. The fourth-order valence-electron chi connectivity index (χ4n) is 14.5. The van der Waals surface area contributed by atoms with Crippen molar-refractivity contribution in [3.63, 3.8) is 0 Å². The highest BCUT2D eigenvalue weighted by molar-refractivity contribution is 7.00. The molecule has 7 aromatic rings. The molecule has 1 fully saturated rings. The highest BCUT2D eigenvalue weighted by Crippen LogP contribution is 2.62. The second kappa shape index (κ2) is 14.3. The maximum absolute atomic E-state index is 2.82. The van der Waals surface area contributed by atoms with Crippen molar-refractivity contribution >= 4 is 68.6 Å². The van der Waals surface area contributed by atoms with Crippen molar-refractivity contribution in [2.45, 2.75) is 130 Å². The molecule has 2 atom stereocenters. The van der Waals surface area contributed by atoms with Crippen LogP contribution in [0.3, 0.4) is 0 Å². The zero-order valence-electron chi connectivity index (χ0n) is 41.9. The van der Waals surface area contributed by atoms with E-state index in [4.69, 9.17) is 0 Å². The Balaban J connectivity index is 1.15.